The predicted octanol–water partition coefficient (Wildman–Crippen LogP) is 1.13. The maximum absolute atomic E-state index is 11.4. The van der Waals surface area contributed by atoms with Crippen LogP contribution in [0.3, 0.4) is 0 Å². The van der Waals surface area contributed by atoms with Gasteiger partial charge in [0, 0.05) is 12.9 Å². The molecule has 0 radical (unpaired) electrons. The highest BCUT2D eigenvalue weighted by molar-refractivity contribution is 7.91. The molecule has 0 heterocycles. The Labute approximate surface area is 91.1 Å². The third kappa shape index (κ3) is 2.93. The number of sulfone groups is 1. The van der Waals surface area contributed by atoms with Gasteiger partial charge in [0.15, 0.2) is 0 Å². The van der Waals surface area contributed by atoms with E-state index in [1.54, 1.807) is 0 Å². The van der Waals surface area contributed by atoms with Crippen LogP contribution < -0.4 is 0 Å². The molecule has 86 valence electrons. The second-order valence-electron chi connectivity index (χ2n) is 4.22. The second-order valence-corrected chi connectivity index (χ2v) is 6.55. The van der Waals surface area contributed by atoms with Gasteiger partial charge in [0.05, 0.1) is 23.3 Å². The monoisotopic (exact) mass is 231 g/mol. The molecule has 0 aromatic heterocycles. The van der Waals surface area contributed by atoms with E-state index >= 15 is 0 Å². The molecule has 1 saturated carbocycles. The van der Waals surface area contributed by atoms with Gasteiger partial charge in [0.1, 0.15) is 9.84 Å². The first-order valence-electron chi connectivity index (χ1n) is 5.11. The molecule has 2 atom stereocenters. The normalized spacial score (nSPS) is 31.4. The van der Waals surface area contributed by atoms with Gasteiger partial charge >= 0.3 is 0 Å². The van der Waals surface area contributed by atoms with E-state index in [1.165, 1.54) is 6.26 Å². The quantitative estimate of drug-likeness (QED) is 0.727. The Morgan fingerprint density at radius 1 is 1.60 bits per heavy atom. The second kappa shape index (κ2) is 4.50. The lowest BCUT2D eigenvalue weighted by atomic mass is 9.89. The zero-order chi connectivity index (χ0) is 11.5. The number of hydrogen-bond acceptors (Lipinski definition) is 4. The first-order valence-corrected chi connectivity index (χ1v) is 7.07. The van der Waals surface area contributed by atoms with E-state index in [4.69, 9.17) is 10.00 Å². The number of nitrogens with zero attached hydrogens (tertiary/aromatic N) is 1. The first kappa shape index (κ1) is 12.5. The average molecular weight is 231 g/mol. The summed E-state index contributed by atoms with van der Waals surface area (Å²) in [4.78, 5) is 0. The molecule has 1 aliphatic rings. The minimum Gasteiger partial charge on any atom is -0.380 e. The van der Waals surface area contributed by atoms with Gasteiger partial charge in [-0.25, -0.2) is 8.42 Å². The summed E-state index contributed by atoms with van der Waals surface area (Å²) in [5, 5.41) is 8.74. The molecule has 0 amide bonds. The van der Waals surface area contributed by atoms with E-state index in [2.05, 4.69) is 6.07 Å². The minimum absolute atomic E-state index is 0.353. The summed E-state index contributed by atoms with van der Waals surface area (Å²) in [5.41, 5.74) is -0.580. The van der Waals surface area contributed by atoms with E-state index in [0.29, 0.717) is 32.5 Å². The average Bonchev–Trinajstić information content (AvgIpc) is 2.59. The standard InChI is InChI=1S/C10H17NO3S/c1-3-14-8-10(7-11)5-4-9(6-10)15(2,12)13/h9H,3-6,8H2,1-2H3/t9-,10-/m1/s1. The summed E-state index contributed by atoms with van der Waals surface area (Å²) in [7, 11) is -3.02. The van der Waals surface area contributed by atoms with E-state index in [0.717, 1.165) is 0 Å². The summed E-state index contributed by atoms with van der Waals surface area (Å²) in [5.74, 6) is 0. The summed E-state index contributed by atoms with van der Waals surface area (Å²) < 4.78 is 28.0. The van der Waals surface area contributed by atoms with Crippen molar-refractivity contribution in [1.82, 2.24) is 0 Å². The molecular weight excluding hydrogens is 214 g/mol. The van der Waals surface area contributed by atoms with Crippen LogP contribution in [0.5, 0.6) is 0 Å². The van der Waals surface area contributed by atoms with Crippen molar-refractivity contribution in [2.75, 3.05) is 19.5 Å². The molecule has 1 fully saturated rings. The minimum atomic E-state index is -3.02. The van der Waals surface area contributed by atoms with Crippen LogP contribution in [0.1, 0.15) is 26.2 Å². The number of rotatable bonds is 4. The van der Waals surface area contributed by atoms with Crippen molar-refractivity contribution in [1.29, 1.82) is 5.26 Å². The zero-order valence-corrected chi connectivity index (χ0v) is 10.0. The highest BCUT2D eigenvalue weighted by atomic mass is 32.2. The van der Waals surface area contributed by atoms with Crippen LogP contribution >= 0.6 is 0 Å². The van der Waals surface area contributed by atoms with Gasteiger partial charge in [-0.15, -0.1) is 0 Å². The van der Waals surface area contributed by atoms with E-state index in [1.807, 2.05) is 6.92 Å². The predicted molar refractivity (Wildman–Crippen MR) is 57.0 cm³/mol. The van der Waals surface area contributed by atoms with Gasteiger partial charge in [-0.2, -0.15) is 5.26 Å². The number of nitriles is 1. The Bertz CT molecular complexity index is 357. The molecule has 0 aliphatic heterocycles. The molecule has 1 aliphatic carbocycles. The van der Waals surface area contributed by atoms with Crippen molar-refractivity contribution in [3.8, 4) is 6.07 Å². The first-order chi connectivity index (χ1) is 6.93. The molecule has 0 N–H and O–H groups in total. The molecule has 0 aromatic rings. The van der Waals surface area contributed by atoms with Crippen molar-refractivity contribution in [2.24, 2.45) is 5.41 Å². The van der Waals surface area contributed by atoms with Gasteiger partial charge in [0.25, 0.3) is 0 Å². The largest absolute Gasteiger partial charge is 0.380 e. The van der Waals surface area contributed by atoms with Crippen LogP contribution in [-0.4, -0.2) is 33.1 Å². The van der Waals surface area contributed by atoms with Crippen molar-refractivity contribution in [3.05, 3.63) is 0 Å². The van der Waals surface area contributed by atoms with Gasteiger partial charge in [-0.05, 0) is 26.2 Å². The fourth-order valence-corrected chi connectivity index (χ4v) is 3.17. The lowest BCUT2D eigenvalue weighted by molar-refractivity contribution is 0.0835. The fourth-order valence-electron chi connectivity index (χ4n) is 2.01. The summed E-state index contributed by atoms with van der Waals surface area (Å²) in [6.45, 7) is 2.78. The van der Waals surface area contributed by atoms with Gasteiger partial charge < -0.3 is 4.74 Å². The van der Waals surface area contributed by atoms with Crippen molar-refractivity contribution < 1.29 is 13.2 Å². The van der Waals surface area contributed by atoms with Crippen molar-refractivity contribution in [3.63, 3.8) is 0 Å². The van der Waals surface area contributed by atoms with E-state index in [9.17, 15) is 8.42 Å². The molecule has 0 saturated heterocycles. The summed E-state index contributed by atoms with van der Waals surface area (Å²) in [6.07, 6.45) is 2.87. The molecule has 15 heavy (non-hydrogen) atoms. The smallest absolute Gasteiger partial charge is 0.150 e. The Kier molecular flexibility index (Phi) is 3.74. The maximum atomic E-state index is 11.4. The fraction of sp³-hybridized carbons (Fsp3) is 0.900. The lowest BCUT2D eigenvalue weighted by Gasteiger charge is -2.19. The molecule has 0 spiro atoms. The van der Waals surface area contributed by atoms with E-state index in [-0.39, 0.29) is 5.25 Å². The van der Waals surface area contributed by atoms with Gasteiger partial charge in [0.2, 0.25) is 0 Å². The SMILES string of the molecule is CCOC[C@]1(C#N)CC[C@@H](S(C)(=O)=O)C1. The summed E-state index contributed by atoms with van der Waals surface area (Å²) >= 11 is 0. The molecule has 1 rings (SSSR count). The third-order valence-corrected chi connectivity index (χ3v) is 4.60. The molecule has 0 bridgehead atoms. The maximum Gasteiger partial charge on any atom is 0.150 e. The number of hydrogen-bond donors (Lipinski definition) is 0. The molecule has 4 nitrogen and oxygen atoms in total. The highest BCUT2D eigenvalue weighted by Gasteiger charge is 2.43. The Balaban J connectivity index is 2.70. The molecule has 5 heteroatoms. The van der Waals surface area contributed by atoms with Crippen LogP contribution in [0.25, 0.3) is 0 Å². The zero-order valence-electron chi connectivity index (χ0n) is 9.19. The Morgan fingerprint density at radius 3 is 2.67 bits per heavy atom. The van der Waals surface area contributed by atoms with Crippen LogP contribution in [0.15, 0.2) is 0 Å². The molecule has 0 aromatic carbocycles. The molecular formula is C10H17NO3S. The van der Waals surface area contributed by atoms with Gasteiger partial charge in [-0.1, -0.05) is 0 Å². The van der Waals surface area contributed by atoms with Crippen LogP contribution in [0.4, 0.5) is 0 Å². The lowest BCUT2D eigenvalue weighted by Crippen LogP contribution is -2.25. The van der Waals surface area contributed by atoms with Crippen LogP contribution in [0, 0.1) is 16.7 Å². The van der Waals surface area contributed by atoms with Crippen molar-refractivity contribution in [2.45, 2.75) is 31.4 Å². The van der Waals surface area contributed by atoms with Crippen LogP contribution in [0.2, 0.25) is 0 Å². The highest BCUT2D eigenvalue weighted by Crippen LogP contribution is 2.40. The number of ether oxygens (including phenoxy) is 1. The Hall–Kier alpha value is -0.600. The van der Waals surface area contributed by atoms with Crippen molar-refractivity contribution >= 4 is 9.84 Å². The summed E-state index contributed by atoms with van der Waals surface area (Å²) in [6, 6.07) is 2.22. The van der Waals surface area contributed by atoms with Gasteiger partial charge in [-0.3, -0.25) is 0 Å². The topological polar surface area (TPSA) is 67.2 Å². The Morgan fingerprint density at radius 2 is 2.27 bits per heavy atom. The van der Waals surface area contributed by atoms with Crippen LogP contribution in [-0.2, 0) is 14.6 Å². The third-order valence-electron chi connectivity index (χ3n) is 2.99. The molecule has 0 unspecified atom stereocenters. The van der Waals surface area contributed by atoms with E-state index < -0.39 is 15.3 Å².